The van der Waals surface area contributed by atoms with Gasteiger partial charge in [0.05, 0.1) is 17.0 Å². The Labute approximate surface area is 171 Å². The van der Waals surface area contributed by atoms with Gasteiger partial charge in [-0.25, -0.2) is 4.68 Å². The summed E-state index contributed by atoms with van der Waals surface area (Å²) in [4.78, 5) is 17.2. The normalized spacial score (nSPS) is 13.3. The molecule has 5 rings (SSSR count). The number of nitro benzene ring substituents is 1. The van der Waals surface area contributed by atoms with Gasteiger partial charge in [0.2, 0.25) is 5.89 Å². The summed E-state index contributed by atoms with van der Waals surface area (Å²) in [5, 5.41) is 19.4. The van der Waals surface area contributed by atoms with Crippen molar-refractivity contribution in [3.63, 3.8) is 0 Å². The predicted octanol–water partition coefficient (Wildman–Crippen LogP) is 3.32. The van der Waals surface area contributed by atoms with Crippen molar-refractivity contribution < 1.29 is 9.45 Å². The van der Waals surface area contributed by atoms with Crippen LogP contribution in [0, 0.1) is 10.1 Å². The van der Waals surface area contributed by atoms with Gasteiger partial charge in [-0.05, 0) is 46.5 Å². The Morgan fingerprint density at radius 1 is 1.13 bits per heavy atom. The maximum Gasteiger partial charge on any atom is 0.269 e. The molecule has 0 saturated carbocycles. The second kappa shape index (κ2) is 7.43. The molecule has 30 heavy (non-hydrogen) atoms. The Morgan fingerprint density at radius 2 is 2.00 bits per heavy atom. The first kappa shape index (κ1) is 18.0. The maximum absolute atomic E-state index is 11.1. The lowest BCUT2D eigenvalue weighted by molar-refractivity contribution is -0.384. The van der Waals surface area contributed by atoms with E-state index in [1.165, 1.54) is 0 Å². The molecule has 0 aliphatic carbocycles. The molecular formula is C21H18N6O3. The summed E-state index contributed by atoms with van der Waals surface area (Å²) in [5.74, 6) is 1.04. The van der Waals surface area contributed by atoms with Crippen LogP contribution in [0.4, 0.5) is 11.6 Å². The summed E-state index contributed by atoms with van der Waals surface area (Å²) >= 11 is 0. The van der Waals surface area contributed by atoms with Gasteiger partial charge in [0.1, 0.15) is 0 Å². The largest absolute Gasteiger partial charge is 0.337 e. The Balaban J connectivity index is 1.29. The van der Waals surface area contributed by atoms with Gasteiger partial charge in [-0.2, -0.15) is 10.1 Å². The van der Waals surface area contributed by atoms with Crippen molar-refractivity contribution in [1.82, 2.24) is 19.9 Å². The van der Waals surface area contributed by atoms with E-state index in [9.17, 15) is 10.1 Å². The summed E-state index contributed by atoms with van der Waals surface area (Å²) in [6.45, 7) is 1.26. The van der Waals surface area contributed by atoms with Crippen LogP contribution in [-0.4, -0.2) is 31.4 Å². The summed E-state index contributed by atoms with van der Waals surface area (Å²) in [5.41, 5.74) is 4.19. The summed E-state index contributed by atoms with van der Waals surface area (Å²) in [7, 11) is 0. The van der Waals surface area contributed by atoms with Crippen LogP contribution in [0.2, 0.25) is 0 Å². The number of fused-ring (bicyclic) bond motifs is 1. The van der Waals surface area contributed by atoms with Gasteiger partial charge in [-0.15, -0.1) is 0 Å². The first-order valence-electron chi connectivity index (χ1n) is 9.58. The van der Waals surface area contributed by atoms with E-state index in [1.807, 2.05) is 47.5 Å². The second-order valence-electron chi connectivity index (χ2n) is 7.16. The molecule has 2 aromatic heterocycles. The van der Waals surface area contributed by atoms with Crippen molar-refractivity contribution in [3.05, 3.63) is 93.6 Å². The molecule has 2 aromatic carbocycles. The number of hydrogen-bond acceptors (Lipinski definition) is 7. The number of hydrogen-bond donors (Lipinski definition) is 0. The highest BCUT2D eigenvalue weighted by atomic mass is 16.6. The first-order chi connectivity index (χ1) is 14.7. The molecule has 0 radical (unpaired) electrons. The van der Waals surface area contributed by atoms with Crippen LogP contribution in [0.15, 0.2) is 65.4 Å². The fraction of sp³-hybridized carbons (Fsp3) is 0.190. The molecule has 0 spiro atoms. The highest BCUT2D eigenvalue weighted by molar-refractivity contribution is 5.45. The molecule has 0 fully saturated rings. The summed E-state index contributed by atoms with van der Waals surface area (Å²) in [6, 6.07) is 14.9. The van der Waals surface area contributed by atoms with Crippen molar-refractivity contribution >= 4 is 11.6 Å². The van der Waals surface area contributed by atoms with E-state index in [0.717, 1.165) is 35.3 Å². The molecule has 0 saturated heterocycles. The third-order valence-corrected chi connectivity index (χ3v) is 5.21. The van der Waals surface area contributed by atoms with E-state index < -0.39 is 0 Å². The number of anilines is 1. The average Bonchev–Trinajstić information content (AvgIpc) is 3.46. The molecule has 0 atom stereocenters. The fourth-order valence-electron chi connectivity index (χ4n) is 3.64. The van der Waals surface area contributed by atoms with Crippen molar-refractivity contribution in [2.24, 2.45) is 0 Å². The Bertz CT molecular complexity index is 1180. The predicted molar refractivity (Wildman–Crippen MR) is 109 cm³/mol. The van der Waals surface area contributed by atoms with E-state index in [-0.39, 0.29) is 10.6 Å². The monoisotopic (exact) mass is 402 g/mol. The van der Waals surface area contributed by atoms with Crippen LogP contribution in [-0.2, 0) is 19.4 Å². The van der Waals surface area contributed by atoms with Gasteiger partial charge in [0.15, 0.2) is 0 Å². The van der Waals surface area contributed by atoms with Crippen LogP contribution in [0.1, 0.15) is 22.6 Å². The third-order valence-electron chi connectivity index (χ3n) is 5.21. The molecule has 150 valence electrons. The van der Waals surface area contributed by atoms with E-state index >= 15 is 0 Å². The Kier molecular flexibility index (Phi) is 4.47. The SMILES string of the molecule is O=[N+]([O-])c1ccc2c(c1)CN(c1noc(Cc3ccc(-n4cccn4)cc3)n1)CC2. The molecule has 9 heteroatoms. The zero-order valence-electron chi connectivity index (χ0n) is 16.0. The molecule has 0 unspecified atom stereocenters. The van der Waals surface area contributed by atoms with Crippen LogP contribution < -0.4 is 4.90 Å². The Morgan fingerprint density at radius 3 is 2.77 bits per heavy atom. The number of rotatable bonds is 5. The number of non-ortho nitro benzene ring substituents is 1. The van der Waals surface area contributed by atoms with Gasteiger partial charge in [-0.1, -0.05) is 18.2 Å². The van der Waals surface area contributed by atoms with E-state index in [0.29, 0.717) is 24.8 Å². The van der Waals surface area contributed by atoms with Crippen LogP contribution in [0.25, 0.3) is 5.69 Å². The minimum atomic E-state index is -0.372. The van der Waals surface area contributed by atoms with Crippen molar-refractivity contribution in [1.29, 1.82) is 0 Å². The highest BCUT2D eigenvalue weighted by Gasteiger charge is 2.22. The van der Waals surface area contributed by atoms with E-state index in [1.54, 1.807) is 23.0 Å². The number of nitrogens with zero attached hydrogens (tertiary/aromatic N) is 6. The fourth-order valence-corrected chi connectivity index (χ4v) is 3.64. The van der Waals surface area contributed by atoms with Gasteiger partial charge in [0.25, 0.3) is 11.6 Å². The van der Waals surface area contributed by atoms with Crippen LogP contribution >= 0.6 is 0 Å². The lowest BCUT2D eigenvalue weighted by Gasteiger charge is -2.27. The average molecular weight is 402 g/mol. The lowest BCUT2D eigenvalue weighted by Crippen LogP contribution is -2.31. The van der Waals surface area contributed by atoms with Gasteiger partial charge in [0, 0.05) is 37.6 Å². The van der Waals surface area contributed by atoms with Gasteiger partial charge < -0.3 is 9.42 Å². The molecule has 0 N–H and O–H groups in total. The standard InChI is InChI=1S/C21H18N6O3/c28-27(29)19-7-4-16-8-11-25(14-17(16)13-19)21-23-20(30-24-21)12-15-2-5-18(6-3-15)26-10-1-9-22-26/h1-7,9-10,13H,8,11-12,14H2. The summed E-state index contributed by atoms with van der Waals surface area (Å²) in [6.07, 6.45) is 4.95. The Hall–Kier alpha value is -4.01. The smallest absolute Gasteiger partial charge is 0.269 e. The van der Waals surface area contributed by atoms with Crippen molar-refractivity contribution in [3.8, 4) is 5.69 Å². The lowest BCUT2D eigenvalue weighted by atomic mass is 9.99. The molecule has 0 amide bonds. The number of nitro groups is 1. The minimum Gasteiger partial charge on any atom is -0.337 e. The zero-order chi connectivity index (χ0) is 20.5. The minimum absolute atomic E-state index is 0.1000. The number of benzene rings is 2. The number of aromatic nitrogens is 4. The van der Waals surface area contributed by atoms with Crippen LogP contribution in [0.3, 0.4) is 0 Å². The topological polar surface area (TPSA) is 103 Å². The zero-order valence-corrected chi connectivity index (χ0v) is 16.0. The molecule has 9 nitrogen and oxygen atoms in total. The van der Waals surface area contributed by atoms with Crippen molar-refractivity contribution in [2.75, 3.05) is 11.4 Å². The molecule has 1 aliphatic heterocycles. The van der Waals surface area contributed by atoms with E-state index in [2.05, 4.69) is 15.2 Å². The van der Waals surface area contributed by atoms with E-state index in [4.69, 9.17) is 4.52 Å². The second-order valence-corrected chi connectivity index (χ2v) is 7.16. The van der Waals surface area contributed by atoms with Gasteiger partial charge >= 0.3 is 0 Å². The van der Waals surface area contributed by atoms with Gasteiger partial charge in [-0.3, -0.25) is 10.1 Å². The van der Waals surface area contributed by atoms with Crippen molar-refractivity contribution in [2.45, 2.75) is 19.4 Å². The van der Waals surface area contributed by atoms with Crippen LogP contribution in [0.5, 0.6) is 0 Å². The summed E-state index contributed by atoms with van der Waals surface area (Å²) < 4.78 is 7.24. The molecule has 4 aromatic rings. The molecule has 1 aliphatic rings. The highest BCUT2D eigenvalue weighted by Crippen LogP contribution is 2.26. The molecule has 0 bridgehead atoms. The quantitative estimate of drug-likeness (QED) is 0.373. The molecule has 3 heterocycles. The first-order valence-corrected chi connectivity index (χ1v) is 9.58. The maximum atomic E-state index is 11.1. The third kappa shape index (κ3) is 3.52. The molecular weight excluding hydrogens is 384 g/mol.